The van der Waals surface area contributed by atoms with Crippen LogP contribution in [0.15, 0.2) is 6.07 Å². The van der Waals surface area contributed by atoms with Gasteiger partial charge in [0.05, 0.1) is 0 Å². The summed E-state index contributed by atoms with van der Waals surface area (Å²) < 4.78 is 5.15. The van der Waals surface area contributed by atoms with Crippen LogP contribution in [-0.2, 0) is 16.0 Å². The maximum Gasteiger partial charge on any atom is 0.408 e. The molecule has 0 saturated carbocycles. The summed E-state index contributed by atoms with van der Waals surface area (Å²) >= 11 is 0. The van der Waals surface area contributed by atoms with E-state index in [2.05, 4.69) is 11.4 Å². The zero-order chi connectivity index (χ0) is 17.9. The Morgan fingerprint density at radius 2 is 1.61 bits per heavy atom. The van der Waals surface area contributed by atoms with Crippen molar-refractivity contribution in [2.75, 3.05) is 0 Å². The fourth-order valence-electron chi connectivity index (χ4n) is 2.46. The van der Waals surface area contributed by atoms with Crippen molar-refractivity contribution in [1.82, 2.24) is 5.32 Å². The monoisotopic (exact) mass is 321 g/mol. The van der Waals surface area contributed by atoms with E-state index in [1.807, 2.05) is 27.7 Å². The van der Waals surface area contributed by atoms with Crippen LogP contribution in [0, 0.1) is 27.7 Å². The molecule has 1 aromatic rings. The third kappa shape index (κ3) is 5.27. The molecule has 0 spiro atoms. The lowest BCUT2D eigenvalue weighted by atomic mass is 9.90. The van der Waals surface area contributed by atoms with Crippen molar-refractivity contribution < 1.29 is 19.4 Å². The number of rotatable bonds is 4. The number of nitrogens with one attached hydrogen (secondary N) is 1. The second-order valence-electron chi connectivity index (χ2n) is 6.98. The first-order valence-corrected chi connectivity index (χ1v) is 7.71. The Balaban J connectivity index is 3.03. The van der Waals surface area contributed by atoms with Gasteiger partial charge in [-0.25, -0.2) is 9.59 Å². The molecule has 2 N–H and O–H groups in total. The lowest BCUT2D eigenvalue weighted by Crippen LogP contribution is -2.44. The van der Waals surface area contributed by atoms with E-state index in [1.54, 1.807) is 20.8 Å². The Labute approximate surface area is 138 Å². The van der Waals surface area contributed by atoms with Crippen LogP contribution in [0.1, 0.15) is 48.6 Å². The molecule has 1 amide bonds. The lowest BCUT2D eigenvalue weighted by molar-refractivity contribution is -0.139. The predicted molar refractivity (Wildman–Crippen MR) is 89.9 cm³/mol. The van der Waals surface area contributed by atoms with Crippen molar-refractivity contribution >= 4 is 12.1 Å². The van der Waals surface area contributed by atoms with Crippen LogP contribution in [0.25, 0.3) is 0 Å². The summed E-state index contributed by atoms with van der Waals surface area (Å²) in [5.74, 6) is -1.08. The quantitative estimate of drug-likeness (QED) is 0.890. The van der Waals surface area contributed by atoms with Gasteiger partial charge in [0, 0.05) is 6.42 Å². The summed E-state index contributed by atoms with van der Waals surface area (Å²) in [6, 6.07) is 1.06. The van der Waals surface area contributed by atoms with Gasteiger partial charge in [-0.3, -0.25) is 0 Å². The number of aryl methyl sites for hydroxylation is 2. The number of carbonyl (C=O) groups is 2. The van der Waals surface area contributed by atoms with E-state index in [4.69, 9.17) is 4.74 Å². The van der Waals surface area contributed by atoms with Crippen LogP contribution in [0.4, 0.5) is 4.79 Å². The number of hydrogen-bond donors (Lipinski definition) is 2. The highest BCUT2D eigenvalue weighted by atomic mass is 16.6. The van der Waals surface area contributed by atoms with E-state index in [-0.39, 0.29) is 6.42 Å². The smallest absolute Gasteiger partial charge is 0.408 e. The fraction of sp³-hybridized carbons (Fsp3) is 0.556. The largest absolute Gasteiger partial charge is 0.480 e. The molecule has 1 atom stereocenters. The number of carboxylic acids is 1. The standard InChI is InChI=1S/C18H27NO4/c1-10-8-11(2)13(4)14(12(10)3)9-15(16(20)21)19-17(22)23-18(5,6)7/h8,15H,9H2,1-7H3,(H,19,22)(H,20,21). The van der Waals surface area contributed by atoms with Gasteiger partial charge in [0.1, 0.15) is 11.6 Å². The SMILES string of the molecule is Cc1cc(C)c(C)c(CC(NC(=O)OC(C)(C)C)C(=O)O)c1C. The Bertz CT molecular complexity index is 588. The van der Waals surface area contributed by atoms with Gasteiger partial charge >= 0.3 is 12.1 Å². The van der Waals surface area contributed by atoms with E-state index < -0.39 is 23.7 Å². The number of hydrogen-bond acceptors (Lipinski definition) is 3. The Morgan fingerprint density at radius 3 is 2.00 bits per heavy atom. The molecule has 0 aliphatic rings. The molecule has 0 aliphatic heterocycles. The molecule has 0 radical (unpaired) electrons. The molecule has 1 rings (SSSR count). The first kappa shape index (κ1) is 19.0. The summed E-state index contributed by atoms with van der Waals surface area (Å²) in [6.07, 6.45) is -0.487. The van der Waals surface area contributed by atoms with Gasteiger partial charge in [0.2, 0.25) is 0 Å². The van der Waals surface area contributed by atoms with Crippen LogP contribution >= 0.6 is 0 Å². The summed E-state index contributed by atoms with van der Waals surface area (Å²) in [7, 11) is 0. The van der Waals surface area contributed by atoms with E-state index in [9.17, 15) is 14.7 Å². The summed E-state index contributed by atoms with van der Waals surface area (Å²) in [6.45, 7) is 13.2. The number of ether oxygens (including phenoxy) is 1. The maximum absolute atomic E-state index is 11.9. The van der Waals surface area contributed by atoms with Crippen LogP contribution in [0.3, 0.4) is 0 Å². The second kappa shape index (κ2) is 7.02. The normalized spacial score (nSPS) is 12.7. The minimum absolute atomic E-state index is 0.231. The molecule has 5 heteroatoms. The lowest BCUT2D eigenvalue weighted by Gasteiger charge is -2.23. The fourth-order valence-corrected chi connectivity index (χ4v) is 2.46. The zero-order valence-electron chi connectivity index (χ0n) is 15.0. The highest BCUT2D eigenvalue weighted by molar-refractivity contribution is 5.80. The van der Waals surface area contributed by atoms with E-state index in [1.165, 1.54) is 0 Å². The molecule has 0 bridgehead atoms. The Hall–Kier alpha value is -2.04. The maximum atomic E-state index is 11.9. The third-order valence-electron chi connectivity index (χ3n) is 3.92. The Kier molecular flexibility index (Phi) is 5.81. The van der Waals surface area contributed by atoms with Crippen molar-refractivity contribution in [3.8, 4) is 0 Å². The molecule has 1 unspecified atom stereocenters. The van der Waals surface area contributed by atoms with Gasteiger partial charge in [-0.05, 0) is 76.3 Å². The van der Waals surface area contributed by atoms with Crippen molar-refractivity contribution in [2.24, 2.45) is 0 Å². The van der Waals surface area contributed by atoms with Crippen molar-refractivity contribution in [3.63, 3.8) is 0 Å². The van der Waals surface area contributed by atoms with Crippen molar-refractivity contribution in [3.05, 3.63) is 33.9 Å². The molecule has 23 heavy (non-hydrogen) atoms. The van der Waals surface area contributed by atoms with Crippen LogP contribution in [-0.4, -0.2) is 28.8 Å². The van der Waals surface area contributed by atoms with Crippen LogP contribution in [0.5, 0.6) is 0 Å². The summed E-state index contributed by atoms with van der Waals surface area (Å²) in [4.78, 5) is 23.4. The number of carbonyl (C=O) groups excluding carboxylic acids is 1. The number of carboxylic acid groups (broad SMARTS) is 1. The van der Waals surface area contributed by atoms with Crippen molar-refractivity contribution in [2.45, 2.75) is 66.5 Å². The molecular formula is C18H27NO4. The van der Waals surface area contributed by atoms with Gasteiger partial charge in [-0.15, -0.1) is 0 Å². The number of alkyl carbamates (subject to hydrolysis) is 1. The minimum atomic E-state index is -1.08. The second-order valence-corrected chi connectivity index (χ2v) is 6.98. The first-order valence-electron chi connectivity index (χ1n) is 7.71. The molecule has 0 fully saturated rings. The highest BCUT2D eigenvalue weighted by Crippen LogP contribution is 2.23. The minimum Gasteiger partial charge on any atom is -0.480 e. The van der Waals surface area contributed by atoms with Crippen molar-refractivity contribution in [1.29, 1.82) is 0 Å². The van der Waals surface area contributed by atoms with Crippen LogP contribution in [0.2, 0.25) is 0 Å². The molecule has 5 nitrogen and oxygen atoms in total. The Morgan fingerprint density at radius 1 is 1.13 bits per heavy atom. The van der Waals surface area contributed by atoms with Gasteiger partial charge in [-0.1, -0.05) is 6.07 Å². The predicted octanol–water partition coefficient (Wildman–Crippen LogP) is 3.44. The number of aliphatic carboxylic acids is 1. The first-order chi connectivity index (χ1) is 10.4. The van der Waals surface area contributed by atoms with E-state index >= 15 is 0 Å². The summed E-state index contributed by atoms with van der Waals surface area (Å²) in [5.41, 5.74) is 4.65. The van der Waals surface area contributed by atoms with E-state index in [0.717, 1.165) is 27.8 Å². The van der Waals surface area contributed by atoms with Gasteiger partial charge in [-0.2, -0.15) is 0 Å². The molecular weight excluding hydrogens is 294 g/mol. The third-order valence-corrected chi connectivity index (χ3v) is 3.92. The van der Waals surface area contributed by atoms with Gasteiger partial charge in [0.25, 0.3) is 0 Å². The summed E-state index contributed by atoms with van der Waals surface area (Å²) in [5, 5.41) is 11.9. The molecule has 128 valence electrons. The average molecular weight is 321 g/mol. The van der Waals surface area contributed by atoms with E-state index in [0.29, 0.717) is 0 Å². The molecule has 1 aromatic carbocycles. The van der Waals surface area contributed by atoms with Gasteiger partial charge in [0.15, 0.2) is 0 Å². The highest BCUT2D eigenvalue weighted by Gasteiger charge is 2.25. The molecule has 0 heterocycles. The topological polar surface area (TPSA) is 75.6 Å². The molecule has 0 aromatic heterocycles. The average Bonchev–Trinajstić information content (AvgIpc) is 2.37. The number of benzene rings is 1. The zero-order valence-corrected chi connectivity index (χ0v) is 15.0. The number of amides is 1. The van der Waals surface area contributed by atoms with Crippen LogP contribution < -0.4 is 5.32 Å². The van der Waals surface area contributed by atoms with Gasteiger partial charge < -0.3 is 15.2 Å². The molecule has 0 aliphatic carbocycles. The molecule has 0 saturated heterocycles.